The van der Waals surface area contributed by atoms with Crippen molar-refractivity contribution in [1.29, 1.82) is 0 Å². The van der Waals surface area contributed by atoms with E-state index in [2.05, 4.69) is 13.0 Å². The molecule has 1 nitrogen and oxygen atoms in total. The lowest BCUT2D eigenvalue weighted by Crippen LogP contribution is -2.04. The first-order valence-corrected chi connectivity index (χ1v) is 5.90. The van der Waals surface area contributed by atoms with Gasteiger partial charge in [-0.1, -0.05) is 48.0 Å². The van der Waals surface area contributed by atoms with Crippen molar-refractivity contribution in [3.05, 3.63) is 70.3 Å². The summed E-state index contributed by atoms with van der Waals surface area (Å²) in [7, 11) is 0. The van der Waals surface area contributed by atoms with Gasteiger partial charge in [-0.25, -0.2) is 0 Å². The fourth-order valence-electron chi connectivity index (χ4n) is 2.19. The van der Waals surface area contributed by atoms with Gasteiger partial charge in [0.25, 0.3) is 0 Å². The molecule has 0 unspecified atom stereocenters. The van der Waals surface area contributed by atoms with Crippen molar-refractivity contribution < 1.29 is 5.11 Å². The zero-order valence-corrected chi connectivity index (χ0v) is 10.6. The molecule has 2 aromatic rings. The largest absolute Gasteiger partial charge is 0.384 e. The summed E-state index contributed by atoms with van der Waals surface area (Å²) in [5, 5.41) is 10.4. The van der Waals surface area contributed by atoms with E-state index in [9.17, 15) is 5.11 Å². The smallest absolute Gasteiger partial charge is 0.105 e. The first kappa shape index (κ1) is 11.9. The standard InChI is InChI=1S/C16H18O/c1-11-8-9-15(13(3)10-11)16(17)14-7-5-4-6-12(14)2/h4-10,16-17H,1-3H3/t16-/m1/s1. The van der Waals surface area contributed by atoms with Gasteiger partial charge in [-0.05, 0) is 43.0 Å². The minimum Gasteiger partial charge on any atom is -0.384 e. The monoisotopic (exact) mass is 226 g/mol. The molecule has 0 aliphatic heterocycles. The SMILES string of the molecule is Cc1ccc([C@H](O)c2ccccc2C)c(C)c1. The Morgan fingerprint density at radius 3 is 2.12 bits per heavy atom. The molecule has 2 aromatic carbocycles. The highest BCUT2D eigenvalue weighted by molar-refractivity contribution is 5.40. The van der Waals surface area contributed by atoms with Crippen LogP contribution in [-0.4, -0.2) is 5.11 Å². The van der Waals surface area contributed by atoms with Crippen LogP contribution in [0.25, 0.3) is 0 Å². The normalized spacial score (nSPS) is 12.5. The molecule has 0 saturated heterocycles. The topological polar surface area (TPSA) is 20.2 Å². The third-order valence-electron chi connectivity index (χ3n) is 3.20. The number of hydrogen-bond donors (Lipinski definition) is 1. The summed E-state index contributed by atoms with van der Waals surface area (Å²) >= 11 is 0. The maximum absolute atomic E-state index is 10.4. The molecule has 88 valence electrons. The molecule has 0 aliphatic rings. The van der Waals surface area contributed by atoms with Crippen molar-refractivity contribution in [1.82, 2.24) is 0 Å². The Morgan fingerprint density at radius 2 is 1.47 bits per heavy atom. The lowest BCUT2D eigenvalue weighted by molar-refractivity contribution is 0.219. The van der Waals surface area contributed by atoms with Crippen LogP contribution < -0.4 is 0 Å². The van der Waals surface area contributed by atoms with Gasteiger partial charge in [-0.3, -0.25) is 0 Å². The molecule has 0 heterocycles. The van der Waals surface area contributed by atoms with Crippen molar-refractivity contribution in [2.45, 2.75) is 26.9 Å². The van der Waals surface area contributed by atoms with E-state index in [0.717, 1.165) is 22.3 Å². The molecule has 0 amide bonds. The minimum absolute atomic E-state index is 0.531. The average Bonchev–Trinajstić information content (AvgIpc) is 2.29. The van der Waals surface area contributed by atoms with E-state index in [-0.39, 0.29) is 0 Å². The third kappa shape index (κ3) is 2.40. The van der Waals surface area contributed by atoms with Crippen molar-refractivity contribution in [2.75, 3.05) is 0 Å². The summed E-state index contributed by atoms with van der Waals surface area (Å²) in [5.74, 6) is 0. The Morgan fingerprint density at radius 1 is 0.824 bits per heavy atom. The third-order valence-corrected chi connectivity index (χ3v) is 3.20. The zero-order chi connectivity index (χ0) is 12.4. The van der Waals surface area contributed by atoms with Gasteiger partial charge in [0.15, 0.2) is 0 Å². The van der Waals surface area contributed by atoms with Crippen LogP contribution in [0.3, 0.4) is 0 Å². The minimum atomic E-state index is -0.531. The molecule has 2 rings (SSSR count). The Kier molecular flexibility index (Phi) is 3.30. The number of aryl methyl sites for hydroxylation is 3. The number of aliphatic hydroxyl groups is 1. The average molecular weight is 226 g/mol. The van der Waals surface area contributed by atoms with Crippen molar-refractivity contribution >= 4 is 0 Å². The molecule has 1 atom stereocenters. The van der Waals surface area contributed by atoms with E-state index in [1.807, 2.05) is 50.2 Å². The molecule has 0 aliphatic carbocycles. The number of hydrogen-bond acceptors (Lipinski definition) is 1. The van der Waals surface area contributed by atoms with E-state index in [4.69, 9.17) is 0 Å². The molecule has 17 heavy (non-hydrogen) atoms. The summed E-state index contributed by atoms with van der Waals surface area (Å²) in [6, 6.07) is 14.1. The number of aliphatic hydroxyl groups excluding tert-OH is 1. The van der Waals surface area contributed by atoms with Gasteiger partial charge in [0, 0.05) is 0 Å². The van der Waals surface area contributed by atoms with E-state index in [1.165, 1.54) is 5.56 Å². The summed E-state index contributed by atoms with van der Waals surface area (Å²) in [6.45, 7) is 6.14. The van der Waals surface area contributed by atoms with Gasteiger partial charge < -0.3 is 5.11 Å². The Bertz CT molecular complexity index is 529. The van der Waals surface area contributed by atoms with Crippen LogP contribution >= 0.6 is 0 Å². The van der Waals surface area contributed by atoms with Crippen LogP contribution in [0.2, 0.25) is 0 Å². The first-order chi connectivity index (χ1) is 8.09. The zero-order valence-electron chi connectivity index (χ0n) is 10.6. The van der Waals surface area contributed by atoms with E-state index >= 15 is 0 Å². The highest BCUT2D eigenvalue weighted by Crippen LogP contribution is 2.27. The van der Waals surface area contributed by atoms with E-state index in [0.29, 0.717) is 0 Å². The second-order valence-electron chi connectivity index (χ2n) is 4.62. The van der Waals surface area contributed by atoms with Gasteiger partial charge in [0.2, 0.25) is 0 Å². The number of rotatable bonds is 2. The predicted octanol–water partition coefficient (Wildman–Crippen LogP) is 3.69. The maximum atomic E-state index is 10.4. The molecule has 0 saturated carbocycles. The Hall–Kier alpha value is -1.60. The Labute approximate surface area is 103 Å². The van der Waals surface area contributed by atoms with E-state index in [1.54, 1.807) is 0 Å². The van der Waals surface area contributed by atoms with Crippen LogP contribution in [0, 0.1) is 20.8 Å². The number of benzene rings is 2. The molecular weight excluding hydrogens is 208 g/mol. The lowest BCUT2D eigenvalue weighted by atomic mass is 9.94. The van der Waals surface area contributed by atoms with Gasteiger partial charge in [-0.2, -0.15) is 0 Å². The molecule has 0 radical (unpaired) electrons. The summed E-state index contributed by atoms with van der Waals surface area (Å²) < 4.78 is 0. The van der Waals surface area contributed by atoms with Gasteiger partial charge in [0.05, 0.1) is 0 Å². The van der Waals surface area contributed by atoms with Crippen LogP contribution in [0.4, 0.5) is 0 Å². The molecule has 1 heteroatoms. The van der Waals surface area contributed by atoms with Gasteiger partial charge >= 0.3 is 0 Å². The fourth-order valence-corrected chi connectivity index (χ4v) is 2.19. The van der Waals surface area contributed by atoms with Gasteiger partial charge in [0.1, 0.15) is 6.10 Å². The van der Waals surface area contributed by atoms with Crippen LogP contribution in [-0.2, 0) is 0 Å². The highest BCUT2D eigenvalue weighted by Gasteiger charge is 2.14. The second-order valence-corrected chi connectivity index (χ2v) is 4.62. The van der Waals surface area contributed by atoms with E-state index < -0.39 is 6.10 Å². The Balaban J connectivity index is 2.44. The molecule has 0 spiro atoms. The van der Waals surface area contributed by atoms with Crippen LogP contribution in [0.5, 0.6) is 0 Å². The molecule has 1 N–H and O–H groups in total. The lowest BCUT2D eigenvalue weighted by Gasteiger charge is -2.16. The van der Waals surface area contributed by atoms with Crippen LogP contribution in [0.15, 0.2) is 42.5 Å². The fraction of sp³-hybridized carbons (Fsp3) is 0.250. The molecule has 0 bridgehead atoms. The summed E-state index contributed by atoms with van der Waals surface area (Å²) in [5.41, 5.74) is 5.47. The first-order valence-electron chi connectivity index (χ1n) is 5.90. The van der Waals surface area contributed by atoms with Gasteiger partial charge in [-0.15, -0.1) is 0 Å². The van der Waals surface area contributed by atoms with Crippen molar-refractivity contribution in [3.8, 4) is 0 Å². The second kappa shape index (κ2) is 4.72. The molecule has 0 fully saturated rings. The quantitative estimate of drug-likeness (QED) is 0.828. The predicted molar refractivity (Wildman–Crippen MR) is 71.2 cm³/mol. The maximum Gasteiger partial charge on any atom is 0.105 e. The summed E-state index contributed by atoms with van der Waals surface area (Å²) in [4.78, 5) is 0. The summed E-state index contributed by atoms with van der Waals surface area (Å²) in [6.07, 6.45) is -0.531. The van der Waals surface area contributed by atoms with Crippen LogP contribution in [0.1, 0.15) is 33.9 Å². The molecular formula is C16H18O. The van der Waals surface area contributed by atoms with Crippen molar-refractivity contribution in [3.63, 3.8) is 0 Å². The highest BCUT2D eigenvalue weighted by atomic mass is 16.3. The van der Waals surface area contributed by atoms with Crippen molar-refractivity contribution in [2.24, 2.45) is 0 Å². The molecule has 0 aromatic heterocycles.